The number of carbonyl (C=O) groups is 1. The summed E-state index contributed by atoms with van der Waals surface area (Å²) < 4.78 is 11.2. The van der Waals surface area contributed by atoms with Crippen LogP contribution in [0.25, 0.3) is 11.1 Å². The molecule has 2 aromatic carbocycles. The van der Waals surface area contributed by atoms with E-state index in [9.17, 15) is 15.0 Å². The predicted octanol–water partition coefficient (Wildman–Crippen LogP) is 2.87. The van der Waals surface area contributed by atoms with Gasteiger partial charge in [0.25, 0.3) is 5.91 Å². The van der Waals surface area contributed by atoms with Crippen LogP contribution >= 0.6 is 0 Å². The number of methoxy groups -OCH3 is 1. The number of benzene rings is 2. The van der Waals surface area contributed by atoms with Crippen molar-refractivity contribution in [2.24, 2.45) is 0 Å². The summed E-state index contributed by atoms with van der Waals surface area (Å²) in [5, 5.41) is 21.1. The maximum atomic E-state index is 13.1. The van der Waals surface area contributed by atoms with Crippen LogP contribution in [0.15, 0.2) is 48.5 Å². The molecule has 0 saturated carbocycles. The Bertz CT molecular complexity index is 917. The molecule has 6 heteroatoms. The first-order chi connectivity index (χ1) is 14.3. The van der Waals surface area contributed by atoms with Gasteiger partial charge in [-0.2, -0.15) is 0 Å². The largest absolute Gasteiger partial charge is 0.497 e. The lowest BCUT2D eigenvalue weighted by atomic mass is 9.75. The zero-order chi connectivity index (χ0) is 21.4. The number of amides is 1. The molecule has 0 radical (unpaired) electrons. The minimum Gasteiger partial charge on any atom is -0.497 e. The zero-order valence-corrected chi connectivity index (χ0v) is 17.5. The van der Waals surface area contributed by atoms with Gasteiger partial charge in [0.15, 0.2) is 0 Å². The molecule has 2 fully saturated rings. The standard InChI is InChI=1S/C24H29NO5/c1-23(28)11-14-30-24(22(23)27)9-12-25(13-10-24)21(26)19-7-3-5-17(15-19)18-6-4-8-20(16-18)29-2/h3-8,15-16,22,27-28H,9-14H2,1-2H3/t22-,23+/m0/s1. The molecular formula is C24H29NO5. The van der Waals surface area contributed by atoms with E-state index in [2.05, 4.69) is 0 Å². The second kappa shape index (κ2) is 8.02. The lowest BCUT2D eigenvalue weighted by molar-refractivity contribution is -0.244. The van der Waals surface area contributed by atoms with Crippen LogP contribution in [0.2, 0.25) is 0 Å². The van der Waals surface area contributed by atoms with Crippen molar-refractivity contribution in [3.63, 3.8) is 0 Å². The molecule has 6 nitrogen and oxygen atoms in total. The number of carbonyl (C=O) groups excluding carboxylic acids is 1. The Morgan fingerprint density at radius 1 is 1.10 bits per heavy atom. The van der Waals surface area contributed by atoms with Gasteiger partial charge in [-0.1, -0.05) is 24.3 Å². The summed E-state index contributed by atoms with van der Waals surface area (Å²) in [6.07, 6.45) is 0.472. The molecule has 2 saturated heterocycles. The summed E-state index contributed by atoms with van der Waals surface area (Å²) in [6, 6.07) is 15.3. The van der Waals surface area contributed by atoms with Gasteiger partial charge in [-0.25, -0.2) is 0 Å². The Morgan fingerprint density at radius 3 is 2.47 bits per heavy atom. The Labute approximate surface area is 177 Å². The van der Waals surface area contributed by atoms with Crippen molar-refractivity contribution < 1.29 is 24.5 Å². The highest BCUT2D eigenvalue weighted by molar-refractivity contribution is 5.95. The van der Waals surface area contributed by atoms with Crippen molar-refractivity contribution in [2.45, 2.75) is 43.5 Å². The van der Waals surface area contributed by atoms with E-state index in [0.717, 1.165) is 16.9 Å². The van der Waals surface area contributed by atoms with Crippen LogP contribution in [-0.4, -0.2) is 65.1 Å². The van der Waals surface area contributed by atoms with Crippen LogP contribution in [-0.2, 0) is 4.74 Å². The molecule has 4 rings (SSSR count). The first kappa shape index (κ1) is 20.8. The topological polar surface area (TPSA) is 79.2 Å². The zero-order valence-electron chi connectivity index (χ0n) is 17.5. The van der Waals surface area contributed by atoms with Crippen molar-refractivity contribution in [1.82, 2.24) is 4.90 Å². The van der Waals surface area contributed by atoms with Crippen molar-refractivity contribution in [3.8, 4) is 16.9 Å². The number of hydrogen-bond donors (Lipinski definition) is 2. The van der Waals surface area contributed by atoms with Gasteiger partial charge in [0, 0.05) is 25.1 Å². The lowest BCUT2D eigenvalue weighted by Crippen LogP contribution is -2.64. The highest BCUT2D eigenvalue weighted by Gasteiger charge is 2.52. The fraction of sp³-hybridized carbons (Fsp3) is 0.458. The molecule has 160 valence electrons. The molecule has 0 aliphatic carbocycles. The number of likely N-dealkylation sites (tertiary alicyclic amines) is 1. The van der Waals surface area contributed by atoms with Gasteiger partial charge in [0.2, 0.25) is 0 Å². The minimum atomic E-state index is -1.16. The van der Waals surface area contributed by atoms with E-state index in [4.69, 9.17) is 9.47 Å². The van der Waals surface area contributed by atoms with Gasteiger partial charge in [-0.05, 0) is 55.2 Å². The van der Waals surface area contributed by atoms with Gasteiger partial charge in [0.1, 0.15) is 17.5 Å². The van der Waals surface area contributed by atoms with E-state index >= 15 is 0 Å². The first-order valence-electron chi connectivity index (χ1n) is 10.4. The summed E-state index contributed by atoms with van der Waals surface area (Å²) >= 11 is 0. The van der Waals surface area contributed by atoms with E-state index in [1.165, 1.54) is 0 Å². The van der Waals surface area contributed by atoms with Gasteiger partial charge < -0.3 is 24.6 Å². The third kappa shape index (κ3) is 3.83. The second-order valence-electron chi connectivity index (χ2n) is 8.53. The summed E-state index contributed by atoms with van der Waals surface area (Å²) in [5.74, 6) is 0.735. The van der Waals surface area contributed by atoms with Crippen molar-refractivity contribution in [3.05, 3.63) is 54.1 Å². The smallest absolute Gasteiger partial charge is 0.253 e. The number of aliphatic hydroxyl groups excluding tert-OH is 1. The molecule has 2 atom stereocenters. The van der Waals surface area contributed by atoms with E-state index in [-0.39, 0.29) is 5.91 Å². The van der Waals surface area contributed by atoms with Crippen molar-refractivity contribution in [2.75, 3.05) is 26.8 Å². The van der Waals surface area contributed by atoms with E-state index in [1.807, 2.05) is 48.5 Å². The third-order valence-corrected chi connectivity index (χ3v) is 6.49. The first-order valence-corrected chi connectivity index (χ1v) is 10.4. The average Bonchev–Trinajstić information content (AvgIpc) is 2.77. The van der Waals surface area contributed by atoms with Crippen LogP contribution in [0.5, 0.6) is 5.75 Å². The van der Waals surface area contributed by atoms with Crippen LogP contribution < -0.4 is 4.74 Å². The Morgan fingerprint density at radius 2 is 1.77 bits per heavy atom. The van der Waals surface area contributed by atoms with Crippen LogP contribution in [0.4, 0.5) is 0 Å². The van der Waals surface area contributed by atoms with Gasteiger partial charge >= 0.3 is 0 Å². The molecule has 30 heavy (non-hydrogen) atoms. The molecule has 2 aliphatic rings. The number of hydrogen-bond acceptors (Lipinski definition) is 5. The van der Waals surface area contributed by atoms with Crippen LogP contribution in [0.1, 0.15) is 36.5 Å². The van der Waals surface area contributed by atoms with E-state index in [1.54, 1.807) is 18.9 Å². The second-order valence-corrected chi connectivity index (χ2v) is 8.53. The lowest BCUT2D eigenvalue weighted by Gasteiger charge is -2.51. The summed E-state index contributed by atoms with van der Waals surface area (Å²) in [4.78, 5) is 14.9. The molecule has 2 aromatic rings. The van der Waals surface area contributed by atoms with Gasteiger partial charge in [-0.15, -0.1) is 0 Å². The quantitative estimate of drug-likeness (QED) is 0.812. The highest BCUT2D eigenvalue weighted by Crippen LogP contribution is 2.40. The summed E-state index contributed by atoms with van der Waals surface area (Å²) in [5.41, 5.74) is 0.637. The SMILES string of the molecule is COc1cccc(-c2cccc(C(=O)N3CCC4(CC3)OCC[C@@](C)(O)[C@@H]4O)c2)c1. The van der Waals surface area contributed by atoms with Crippen molar-refractivity contribution >= 4 is 5.91 Å². The minimum absolute atomic E-state index is 0.0355. The normalized spacial score (nSPS) is 25.9. The van der Waals surface area contributed by atoms with E-state index < -0.39 is 17.3 Å². The molecular weight excluding hydrogens is 382 g/mol. The fourth-order valence-electron chi connectivity index (χ4n) is 4.57. The Kier molecular flexibility index (Phi) is 5.57. The monoisotopic (exact) mass is 411 g/mol. The molecule has 2 N–H and O–H groups in total. The number of aliphatic hydroxyl groups is 2. The maximum Gasteiger partial charge on any atom is 0.253 e. The van der Waals surface area contributed by atoms with Crippen LogP contribution in [0, 0.1) is 0 Å². The van der Waals surface area contributed by atoms with Gasteiger partial charge in [0.05, 0.1) is 19.3 Å². The number of nitrogens with zero attached hydrogens (tertiary/aromatic N) is 1. The number of ether oxygens (including phenoxy) is 2. The molecule has 2 aliphatic heterocycles. The Hall–Kier alpha value is -2.41. The number of rotatable bonds is 3. The molecule has 1 spiro atoms. The predicted molar refractivity (Wildman–Crippen MR) is 113 cm³/mol. The van der Waals surface area contributed by atoms with Crippen molar-refractivity contribution in [1.29, 1.82) is 0 Å². The molecule has 1 amide bonds. The average molecular weight is 411 g/mol. The third-order valence-electron chi connectivity index (χ3n) is 6.49. The molecule has 0 unspecified atom stereocenters. The molecule has 0 aromatic heterocycles. The van der Waals surface area contributed by atoms with E-state index in [0.29, 0.717) is 44.5 Å². The maximum absolute atomic E-state index is 13.1. The molecule has 0 bridgehead atoms. The van der Waals surface area contributed by atoms with Gasteiger partial charge in [-0.3, -0.25) is 4.79 Å². The fourth-order valence-corrected chi connectivity index (χ4v) is 4.57. The highest BCUT2D eigenvalue weighted by atomic mass is 16.5. The summed E-state index contributed by atoms with van der Waals surface area (Å²) in [7, 11) is 1.63. The Balaban J connectivity index is 1.48. The summed E-state index contributed by atoms with van der Waals surface area (Å²) in [6.45, 7) is 3.04. The van der Waals surface area contributed by atoms with Crippen LogP contribution in [0.3, 0.4) is 0 Å². The molecule has 2 heterocycles. The number of piperidine rings is 1.